The molecule has 2 aromatic carbocycles. The Kier molecular flexibility index (Phi) is 7.51. The zero-order valence-electron chi connectivity index (χ0n) is 20.4. The molecule has 1 aromatic heterocycles. The number of nitrogen functional groups attached to an aromatic ring is 1. The molecular formula is C27H28Cl2FN5O2. The van der Waals surface area contributed by atoms with Crippen LogP contribution in [0, 0.1) is 5.82 Å². The molecule has 0 bridgehead atoms. The lowest BCUT2D eigenvalue weighted by Crippen LogP contribution is -2.45. The number of rotatable bonds is 7. The highest BCUT2D eigenvalue weighted by Crippen LogP contribution is 2.36. The number of benzene rings is 2. The van der Waals surface area contributed by atoms with Crippen LogP contribution in [-0.4, -0.2) is 45.9 Å². The molecular weight excluding hydrogens is 516 g/mol. The normalized spacial score (nSPS) is 17.0. The maximum absolute atomic E-state index is 14.0. The van der Waals surface area contributed by atoms with Crippen LogP contribution in [-0.2, 0) is 0 Å². The molecule has 7 nitrogen and oxygen atoms in total. The van der Waals surface area contributed by atoms with Crippen molar-refractivity contribution in [2.75, 3.05) is 18.8 Å². The number of carbonyl (C=O) groups is 1. The summed E-state index contributed by atoms with van der Waals surface area (Å²) in [5.41, 5.74) is 8.17. The number of nitrogens with two attached hydrogens (primary N) is 1. The largest absolute Gasteiger partial charge is 0.467 e. The van der Waals surface area contributed by atoms with Gasteiger partial charge in [-0.1, -0.05) is 35.3 Å². The van der Waals surface area contributed by atoms with Crippen LogP contribution < -0.4 is 15.8 Å². The Balaban J connectivity index is 1.27. The van der Waals surface area contributed by atoms with E-state index in [9.17, 15) is 9.18 Å². The van der Waals surface area contributed by atoms with Crippen LogP contribution in [0.2, 0.25) is 10.0 Å². The number of hydrogen-bond acceptors (Lipinski definition) is 6. The van der Waals surface area contributed by atoms with Gasteiger partial charge >= 0.3 is 0 Å². The van der Waals surface area contributed by atoms with Crippen LogP contribution in [0.4, 0.5) is 10.2 Å². The van der Waals surface area contributed by atoms with Crippen LogP contribution in [0.15, 0.2) is 42.6 Å². The molecule has 0 spiro atoms. The number of amides is 1. The fourth-order valence-electron chi connectivity index (χ4n) is 4.55. The zero-order valence-corrected chi connectivity index (χ0v) is 21.9. The van der Waals surface area contributed by atoms with Gasteiger partial charge in [0.2, 0.25) is 0 Å². The Morgan fingerprint density at radius 1 is 1.11 bits per heavy atom. The molecule has 1 saturated carbocycles. The molecule has 1 unspecified atom stereocenters. The van der Waals surface area contributed by atoms with Crippen LogP contribution in [0.5, 0.6) is 5.88 Å². The third-order valence-electron chi connectivity index (χ3n) is 6.80. The number of likely N-dealkylation sites (tertiary alicyclic amines) is 1. The van der Waals surface area contributed by atoms with Crippen LogP contribution in [0.25, 0.3) is 11.3 Å². The molecule has 2 heterocycles. The van der Waals surface area contributed by atoms with Gasteiger partial charge in [0.25, 0.3) is 11.8 Å². The summed E-state index contributed by atoms with van der Waals surface area (Å²) in [6.45, 7) is 3.19. The molecule has 37 heavy (non-hydrogen) atoms. The van der Waals surface area contributed by atoms with Crippen molar-refractivity contribution in [1.82, 2.24) is 20.2 Å². The van der Waals surface area contributed by atoms with E-state index in [-0.39, 0.29) is 27.7 Å². The minimum Gasteiger partial charge on any atom is -0.467 e. The van der Waals surface area contributed by atoms with Crippen molar-refractivity contribution in [2.45, 2.75) is 50.8 Å². The number of nitrogens with zero attached hydrogens (tertiary/aromatic N) is 3. The monoisotopic (exact) mass is 543 g/mol. The highest BCUT2D eigenvalue weighted by atomic mass is 35.5. The topological polar surface area (TPSA) is 93.4 Å². The molecule has 10 heteroatoms. The third-order valence-corrected chi connectivity index (χ3v) is 7.51. The molecule has 2 fully saturated rings. The summed E-state index contributed by atoms with van der Waals surface area (Å²) in [6.07, 6.45) is 5.30. The van der Waals surface area contributed by atoms with Crippen molar-refractivity contribution in [1.29, 1.82) is 0 Å². The first kappa shape index (κ1) is 25.7. The fourth-order valence-corrected chi connectivity index (χ4v) is 5.23. The first-order valence-electron chi connectivity index (χ1n) is 12.4. The number of anilines is 1. The van der Waals surface area contributed by atoms with Gasteiger partial charge in [0.15, 0.2) is 5.82 Å². The van der Waals surface area contributed by atoms with E-state index in [4.69, 9.17) is 33.7 Å². The number of nitrogens with one attached hydrogen (secondary N) is 1. The molecule has 1 saturated heterocycles. The van der Waals surface area contributed by atoms with Crippen LogP contribution >= 0.6 is 23.2 Å². The molecule has 1 amide bonds. The molecule has 3 aromatic rings. The van der Waals surface area contributed by atoms with E-state index >= 15 is 0 Å². The summed E-state index contributed by atoms with van der Waals surface area (Å²) in [4.78, 5) is 23.6. The van der Waals surface area contributed by atoms with Crippen LogP contribution in [0.3, 0.4) is 0 Å². The fraction of sp³-hybridized carbons (Fsp3) is 0.370. The number of carbonyl (C=O) groups excluding carboxylic acids is 1. The lowest BCUT2D eigenvalue weighted by molar-refractivity contribution is 0.0705. The minimum atomic E-state index is -0.730. The summed E-state index contributed by atoms with van der Waals surface area (Å²) in [5.74, 6) is -0.422. The lowest BCUT2D eigenvalue weighted by atomic mass is 10.0. The molecule has 2 aliphatic rings. The summed E-state index contributed by atoms with van der Waals surface area (Å²) in [5, 5.41) is 3.80. The molecule has 194 valence electrons. The highest BCUT2D eigenvalue weighted by Gasteiger charge is 2.29. The average Bonchev–Trinajstić information content (AvgIpc) is 3.72. The second kappa shape index (κ2) is 10.8. The molecule has 1 aliphatic carbocycles. The van der Waals surface area contributed by atoms with E-state index in [0.717, 1.165) is 31.5 Å². The quantitative estimate of drug-likeness (QED) is 0.373. The second-order valence-electron chi connectivity index (χ2n) is 9.55. The maximum Gasteiger partial charge on any atom is 0.258 e. The number of aromatic nitrogens is 2. The van der Waals surface area contributed by atoms with Crippen molar-refractivity contribution in [2.24, 2.45) is 0 Å². The Morgan fingerprint density at radius 2 is 1.78 bits per heavy atom. The summed E-state index contributed by atoms with van der Waals surface area (Å²) in [6, 6.07) is 11.0. The van der Waals surface area contributed by atoms with Crippen molar-refractivity contribution in [3.63, 3.8) is 0 Å². The number of ether oxygens (including phenoxy) is 1. The molecule has 1 aliphatic heterocycles. The molecule has 3 N–H and O–H groups in total. The number of halogens is 3. The van der Waals surface area contributed by atoms with E-state index < -0.39 is 11.9 Å². The summed E-state index contributed by atoms with van der Waals surface area (Å²) >= 11 is 12.3. The summed E-state index contributed by atoms with van der Waals surface area (Å²) < 4.78 is 19.9. The standard InChI is InChI=1S/C27H28Cl2FN5O2/c1-15(23-20(28)8-9-21(30)24(23)29)37-26-25(31)32-14-22(34-26)16-2-4-17(5-3-16)27(36)35-12-10-19(11-13-35)33-18-6-7-18/h2-5,8-9,14-15,18-19,33H,6-7,10-13H2,1H3,(H2,31,32). The Bertz CT molecular complexity index is 1290. The minimum absolute atomic E-state index is 0.0292. The van der Waals surface area contributed by atoms with Gasteiger partial charge in [0, 0.05) is 46.9 Å². The second-order valence-corrected chi connectivity index (χ2v) is 10.3. The molecule has 5 rings (SSSR count). The highest BCUT2D eigenvalue weighted by molar-refractivity contribution is 6.36. The smallest absolute Gasteiger partial charge is 0.258 e. The van der Waals surface area contributed by atoms with Gasteiger partial charge in [-0.25, -0.2) is 14.4 Å². The number of piperidine rings is 1. The third kappa shape index (κ3) is 5.81. The maximum atomic E-state index is 14.0. The summed E-state index contributed by atoms with van der Waals surface area (Å²) in [7, 11) is 0. The molecule has 1 atom stereocenters. The average molecular weight is 544 g/mol. The van der Waals surface area contributed by atoms with Gasteiger partial charge < -0.3 is 20.7 Å². The predicted molar refractivity (Wildman–Crippen MR) is 142 cm³/mol. The van der Waals surface area contributed by atoms with Crippen molar-refractivity contribution >= 4 is 34.9 Å². The van der Waals surface area contributed by atoms with E-state index in [0.29, 0.717) is 28.9 Å². The Labute approximate surface area is 225 Å². The number of hydrogen-bond donors (Lipinski definition) is 2. The SMILES string of the molecule is CC(Oc1nc(-c2ccc(C(=O)N3CCC(NC4CC4)CC3)cc2)cnc1N)c1c(Cl)ccc(F)c1Cl. The Hall–Kier alpha value is -2.94. The zero-order chi connectivity index (χ0) is 26.1. The predicted octanol–water partition coefficient (Wildman–Crippen LogP) is 5.67. The van der Waals surface area contributed by atoms with Crippen molar-refractivity contribution < 1.29 is 13.9 Å². The Morgan fingerprint density at radius 3 is 2.46 bits per heavy atom. The first-order valence-corrected chi connectivity index (χ1v) is 13.1. The van der Waals surface area contributed by atoms with E-state index in [2.05, 4.69) is 15.3 Å². The van der Waals surface area contributed by atoms with E-state index in [1.165, 1.54) is 31.2 Å². The molecule has 0 radical (unpaired) electrons. The van der Waals surface area contributed by atoms with Gasteiger partial charge in [0.1, 0.15) is 11.9 Å². The first-order chi connectivity index (χ1) is 17.8. The lowest BCUT2D eigenvalue weighted by Gasteiger charge is -2.32. The van der Waals surface area contributed by atoms with Gasteiger partial charge in [0.05, 0.1) is 16.9 Å². The van der Waals surface area contributed by atoms with E-state index in [1.54, 1.807) is 19.1 Å². The van der Waals surface area contributed by atoms with Gasteiger partial charge in [-0.2, -0.15) is 0 Å². The van der Waals surface area contributed by atoms with Crippen LogP contribution in [0.1, 0.15) is 54.6 Å². The van der Waals surface area contributed by atoms with Gasteiger partial charge in [-0.15, -0.1) is 0 Å². The van der Waals surface area contributed by atoms with Gasteiger partial charge in [-0.05, 0) is 56.9 Å². The van der Waals surface area contributed by atoms with E-state index in [1.807, 2.05) is 17.0 Å². The van der Waals surface area contributed by atoms with Crippen molar-refractivity contribution in [3.8, 4) is 17.1 Å². The van der Waals surface area contributed by atoms with Crippen molar-refractivity contribution in [3.05, 3.63) is 69.6 Å². The van der Waals surface area contributed by atoms with Gasteiger partial charge in [-0.3, -0.25) is 4.79 Å².